The maximum atomic E-state index is 12.8. The van der Waals surface area contributed by atoms with Crippen LogP contribution in [0.2, 0.25) is 5.04 Å². The van der Waals surface area contributed by atoms with Gasteiger partial charge in [-0.05, 0) is 33.6 Å². The maximum absolute atomic E-state index is 12.8. The van der Waals surface area contributed by atoms with Gasteiger partial charge in [0.05, 0.1) is 12.2 Å². The van der Waals surface area contributed by atoms with Crippen LogP contribution in [0.1, 0.15) is 37.4 Å². The number of pyridine rings is 1. The average Bonchev–Trinajstić information content (AvgIpc) is 3.43. The van der Waals surface area contributed by atoms with Crippen LogP contribution in [0.25, 0.3) is 0 Å². The van der Waals surface area contributed by atoms with Crippen molar-refractivity contribution in [3.05, 3.63) is 114 Å². The van der Waals surface area contributed by atoms with Crippen LogP contribution < -0.4 is 21.4 Å². The minimum absolute atomic E-state index is 0.144. The van der Waals surface area contributed by atoms with E-state index >= 15 is 0 Å². The molecular weight excluding hydrogens is 541 g/mol. The molecule has 2 atom stereocenters. The molecule has 2 aromatic carbocycles. The topological polar surface area (TPSA) is 95.3 Å². The molecule has 0 radical (unpaired) electrons. The van der Waals surface area contributed by atoms with E-state index in [9.17, 15) is 9.59 Å². The second kappa shape index (κ2) is 11.9. The number of nitrogens with one attached hydrogen (secondary N) is 1. The Kier molecular flexibility index (Phi) is 8.31. The molecule has 1 amide bonds. The lowest BCUT2D eigenvalue weighted by Gasteiger charge is -2.43. The number of benzene rings is 2. The van der Waals surface area contributed by atoms with Crippen LogP contribution in [0.15, 0.2) is 102 Å². The quantitative estimate of drug-likeness (QED) is 0.318. The summed E-state index contributed by atoms with van der Waals surface area (Å²) in [6.45, 7) is 7.11. The minimum atomic E-state index is -2.70. The van der Waals surface area contributed by atoms with Crippen LogP contribution in [-0.4, -0.2) is 46.6 Å². The monoisotopic (exact) mass is 572 g/mol. The van der Waals surface area contributed by atoms with Crippen molar-refractivity contribution in [2.45, 2.75) is 37.5 Å². The molecule has 0 aliphatic carbocycles. The second-order valence-corrected chi connectivity index (χ2v) is 16.0. The first-order valence-electron chi connectivity index (χ1n) is 13.1. The highest BCUT2D eigenvalue weighted by Crippen LogP contribution is 2.38. The van der Waals surface area contributed by atoms with Gasteiger partial charge in [0.1, 0.15) is 17.5 Å². The molecule has 1 aliphatic rings. The molecule has 2 aromatic heterocycles. The Bertz CT molecular complexity index is 1460. The van der Waals surface area contributed by atoms with Gasteiger partial charge < -0.3 is 14.5 Å². The molecule has 8 nitrogen and oxygen atoms in total. The van der Waals surface area contributed by atoms with Crippen molar-refractivity contribution in [1.82, 2.24) is 14.5 Å². The maximum Gasteiger partial charge on any atom is 0.351 e. The fraction of sp³-hybridized carbons (Fsp3) is 0.267. The predicted molar refractivity (Wildman–Crippen MR) is 161 cm³/mol. The first-order chi connectivity index (χ1) is 19.3. The molecule has 5 rings (SSSR count). The molecule has 0 saturated carbocycles. The smallest absolute Gasteiger partial charge is 0.351 e. The van der Waals surface area contributed by atoms with Crippen LogP contribution in [0.3, 0.4) is 0 Å². The molecule has 206 valence electrons. The molecule has 0 spiro atoms. The summed E-state index contributed by atoms with van der Waals surface area (Å²) in [5.74, 6) is 0.371. The molecule has 1 N–H and O–H groups in total. The van der Waals surface area contributed by atoms with Crippen LogP contribution in [0.5, 0.6) is 0 Å². The van der Waals surface area contributed by atoms with E-state index in [0.717, 1.165) is 0 Å². The molecule has 1 saturated heterocycles. The van der Waals surface area contributed by atoms with Crippen molar-refractivity contribution in [3.63, 3.8) is 0 Å². The molecular formula is C30H32N4O4SSi. The molecule has 4 aromatic rings. The SMILES string of the molecule is CC(C)(C)[Si](OCC1OC(n2ccc(NC(=O)c3cccnc3)nc2=O)CS1)(c1ccccc1)c1ccccc1. The molecule has 2 unspecified atom stereocenters. The van der Waals surface area contributed by atoms with Crippen molar-refractivity contribution in [1.29, 1.82) is 0 Å². The van der Waals surface area contributed by atoms with Gasteiger partial charge in [-0.1, -0.05) is 81.4 Å². The van der Waals surface area contributed by atoms with E-state index in [4.69, 9.17) is 9.16 Å². The third-order valence-corrected chi connectivity index (χ3v) is 13.0. The summed E-state index contributed by atoms with van der Waals surface area (Å²) >= 11 is 1.62. The number of carbonyl (C=O) groups excluding carboxylic acids is 1. The molecule has 1 fully saturated rings. The Morgan fingerprint density at radius 1 is 1.05 bits per heavy atom. The highest BCUT2D eigenvalue weighted by molar-refractivity contribution is 8.00. The Hall–Kier alpha value is -3.57. The summed E-state index contributed by atoms with van der Waals surface area (Å²) < 4.78 is 14.7. The normalized spacial score (nSPS) is 17.5. The van der Waals surface area contributed by atoms with Gasteiger partial charge in [0.25, 0.3) is 14.2 Å². The van der Waals surface area contributed by atoms with Gasteiger partial charge in [0, 0.05) is 24.3 Å². The summed E-state index contributed by atoms with van der Waals surface area (Å²) in [5, 5.41) is 4.91. The average molecular weight is 573 g/mol. The number of thioether (sulfide) groups is 1. The van der Waals surface area contributed by atoms with Crippen LogP contribution in [-0.2, 0) is 9.16 Å². The van der Waals surface area contributed by atoms with Gasteiger partial charge >= 0.3 is 5.69 Å². The van der Waals surface area contributed by atoms with Crippen LogP contribution in [0, 0.1) is 0 Å². The molecule has 0 bridgehead atoms. The molecule has 10 heteroatoms. The van der Waals surface area contributed by atoms with Gasteiger partial charge in [-0.2, -0.15) is 4.98 Å². The number of rotatable bonds is 8. The number of hydrogen-bond acceptors (Lipinski definition) is 7. The van der Waals surface area contributed by atoms with Crippen LogP contribution in [0.4, 0.5) is 5.82 Å². The van der Waals surface area contributed by atoms with Gasteiger partial charge in [0.2, 0.25) is 0 Å². The van der Waals surface area contributed by atoms with E-state index in [0.29, 0.717) is 17.9 Å². The minimum Gasteiger partial charge on any atom is -0.404 e. The van der Waals surface area contributed by atoms with Crippen LogP contribution >= 0.6 is 11.8 Å². The van der Waals surface area contributed by atoms with Crippen molar-refractivity contribution >= 4 is 42.2 Å². The summed E-state index contributed by atoms with van der Waals surface area (Å²) in [6.07, 6.45) is 4.16. The highest BCUT2D eigenvalue weighted by Gasteiger charge is 2.50. The van der Waals surface area contributed by atoms with Crippen molar-refractivity contribution in [3.8, 4) is 0 Å². The Labute approximate surface area is 238 Å². The number of carbonyl (C=O) groups is 1. The Morgan fingerprint density at radius 2 is 1.73 bits per heavy atom. The number of nitrogens with zero attached hydrogens (tertiary/aromatic N) is 3. The number of hydrogen-bond donors (Lipinski definition) is 1. The van der Waals surface area contributed by atoms with E-state index < -0.39 is 20.2 Å². The standard InChI is InChI=1S/C30H32N4O4SSi/c1-30(2,3)40(23-12-6-4-7-13-23,24-14-8-5-9-15-24)37-20-27-38-26(21-39-27)34-18-16-25(33-29(34)36)32-28(35)22-11-10-17-31-19-22/h4-19,26-27H,20-21H2,1-3H3,(H,32,33,35,36). The lowest BCUT2D eigenvalue weighted by Crippen LogP contribution is -2.67. The number of anilines is 1. The summed E-state index contributed by atoms with van der Waals surface area (Å²) in [4.78, 5) is 33.2. The fourth-order valence-corrected chi connectivity index (χ4v) is 10.7. The van der Waals surface area contributed by atoms with Crippen molar-refractivity contribution in [2.75, 3.05) is 17.7 Å². The molecule has 3 heterocycles. The molecule has 40 heavy (non-hydrogen) atoms. The van der Waals surface area contributed by atoms with Crippen molar-refractivity contribution in [2.24, 2.45) is 0 Å². The lowest BCUT2D eigenvalue weighted by atomic mass is 10.2. The van der Waals surface area contributed by atoms with Crippen molar-refractivity contribution < 1.29 is 14.0 Å². The fourth-order valence-electron chi connectivity index (χ4n) is 5.02. The van der Waals surface area contributed by atoms with E-state index in [1.807, 2.05) is 12.1 Å². The summed E-state index contributed by atoms with van der Waals surface area (Å²) in [5.41, 5.74) is -0.362. The number of ether oxygens (including phenoxy) is 1. The predicted octanol–water partition coefficient (Wildman–Crippen LogP) is 4.06. The first kappa shape index (κ1) is 28.0. The first-order valence-corrected chi connectivity index (χ1v) is 16.1. The summed E-state index contributed by atoms with van der Waals surface area (Å²) in [6, 6.07) is 25.9. The third kappa shape index (κ3) is 5.80. The largest absolute Gasteiger partial charge is 0.404 e. The molecule has 1 aliphatic heterocycles. The number of amides is 1. The lowest BCUT2D eigenvalue weighted by molar-refractivity contribution is -0.00349. The van der Waals surface area contributed by atoms with Gasteiger partial charge in [-0.3, -0.25) is 14.3 Å². The zero-order valence-electron chi connectivity index (χ0n) is 22.7. The van der Waals surface area contributed by atoms with Gasteiger partial charge in [0.15, 0.2) is 0 Å². The van der Waals surface area contributed by atoms with E-state index in [1.54, 1.807) is 42.4 Å². The Balaban J connectivity index is 1.31. The zero-order chi connectivity index (χ0) is 28.2. The second-order valence-electron chi connectivity index (χ2n) is 10.5. The summed E-state index contributed by atoms with van der Waals surface area (Å²) in [7, 11) is -2.70. The highest BCUT2D eigenvalue weighted by atomic mass is 32.2. The Morgan fingerprint density at radius 3 is 2.30 bits per heavy atom. The zero-order valence-corrected chi connectivity index (χ0v) is 24.5. The van der Waals surface area contributed by atoms with E-state index in [-0.39, 0.29) is 22.2 Å². The van der Waals surface area contributed by atoms with E-state index in [1.165, 1.54) is 21.1 Å². The van der Waals surface area contributed by atoms with Gasteiger partial charge in [-0.25, -0.2) is 4.79 Å². The third-order valence-electron chi connectivity index (χ3n) is 6.89. The number of aromatic nitrogens is 3. The van der Waals surface area contributed by atoms with Gasteiger partial charge in [-0.15, -0.1) is 11.8 Å². The van der Waals surface area contributed by atoms with E-state index in [2.05, 4.69) is 84.6 Å².